The number of nitrogens with zero attached hydrogens (tertiary/aromatic N) is 1. The van der Waals surface area contributed by atoms with Gasteiger partial charge in [-0.2, -0.15) is 11.8 Å². The van der Waals surface area contributed by atoms with Crippen molar-refractivity contribution in [2.24, 2.45) is 0 Å². The first kappa shape index (κ1) is 14.4. The Labute approximate surface area is 118 Å². The number of carbonyl (C=O) groups excluding carboxylic acids is 1. The minimum atomic E-state index is -0.432. The van der Waals surface area contributed by atoms with E-state index >= 15 is 0 Å². The van der Waals surface area contributed by atoms with Gasteiger partial charge in [-0.3, -0.25) is 9.69 Å². The fraction of sp³-hybridized carbons (Fsp3) is 0.500. The Balaban J connectivity index is 1.90. The van der Waals surface area contributed by atoms with Crippen LogP contribution in [0.2, 0.25) is 0 Å². The van der Waals surface area contributed by atoms with Gasteiger partial charge in [-0.15, -0.1) is 0 Å². The number of rotatable bonds is 5. The van der Waals surface area contributed by atoms with Crippen LogP contribution in [0.3, 0.4) is 0 Å². The Morgan fingerprint density at radius 1 is 1.42 bits per heavy atom. The third kappa shape index (κ3) is 4.53. The third-order valence-corrected chi connectivity index (χ3v) is 4.35. The van der Waals surface area contributed by atoms with Crippen molar-refractivity contribution in [3.05, 3.63) is 35.9 Å². The summed E-state index contributed by atoms with van der Waals surface area (Å²) in [7, 11) is 0. The molecule has 0 unspecified atom stereocenters. The smallest absolute Gasteiger partial charge is 0.245 e. The number of aliphatic hydroxyl groups is 1. The molecule has 2 rings (SSSR count). The van der Waals surface area contributed by atoms with E-state index in [4.69, 9.17) is 5.11 Å². The summed E-state index contributed by atoms with van der Waals surface area (Å²) in [5.41, 5.74) is 1.30. The summed E-state index contributed by atoms with van der Waals surface area (Å²) in [4.78, 5) is 13.5. The van der Waals surface area contributed by atoms with Gasteiger partial charge in [0.1, 0.15) is 6.61 Å². The number of amides is 1. The summed E-state index contributed by atoms with van der Waals surface area (Å²) in [6.07, 6.45) is 0. The van der Waals surface area contributed by atoms with Crippen LogP contribution in [0.25, 0.3) is 0 Å². The highest BCUT2D eigenvalue weighted by atomic mass is 32.2. The highest BCUT2D eigenvalue weighted by Gasteiger charge is 2.23. The lowest BCUT2D eigenvalue weighted by molar-refractivity contribution is -0.124. The molecule has 1 aromatic carbocycles. The zero-order valence-corrected chi connectivity index (χ0v) is 11.7. The second-order valence-electron chi connectivity index (χ2n) is 4.65. The topological polar surface area (TPSA) is 52.6 Å². The summed E-state index contributed by atoms with van der Waals surface area (Å²) < 4.78 is 0. The Kier molecular flexibility index (Phi) is 5.69. The van der Waals surface area contributed by atoms with Crippen LogP contribution in [0.1, 0.15) is 5.56 Å². The standard InChI is InChI=1S/C14H20N2O2S/c17-10-14(18)15-8-13-11-19-7-6-16(13)9-12-4-2-1-3-5-12/h1-5,13,17H,6-11H2,(H,15,18)/t13-/m0/s1. The van der Waals surface area contributed by atoms with E-state index in [9.17, 15) is 4.79 Å². The molecule has 1 aromatic rings. The van der Waals surface area contributed by atoms with Gasteiger partial charge in [0.25, 0.3) is 0 Å². The Morgan fingerprint density at radius 3 is 2.95 bits per heavy atom. The first-order valence-corrected chi connectivity index (χ1v) is 7.68. The van der Waals surface area contributed by atoms with E-state index in [1.54, 1.807) is 0 Å². The predicted octanol–water partition coefficient (Wildman–Crippen LogP) is 0.712. The van der Waals surface area contributed by atoms with E-state index in [0.717, 1.165) is 24.6 Å². The van der Waals surface area contributed by atoms with Gasteiger partial charge >= 0.3 is 0 Å². The molecule has 1 atom stereocenters. The highest BCUT2D eigenvalue weighted by Crippen LogP contribution is 2.18. The van der Waals surface area contributed by atoms with E-state index in [2.05, 4.69) is 34.5 Å². The molecular formula is C14H20N2O2S. The highest BCUT2D eigenvalue weighted by molar-refractivity contribution is 7.99. The average Bonchev–Trinajstić information content (AvgIpc) is 2.47. The number of hydrogen-bond donors (Lipinski definition) is 2. The molecule has 1 amide bonds. The van der Waals surface area contributed by atoms with Crippen LogP contribution in [0.5, 0.6) is 0 Å². The minimum absolute atomic E-state index is 0.296. The Bertz CT molecular complexity index is 400. The summed E-state index contributed by atoms with van der Waals surface area (Å²) in [6.45, 7) is 2.14. The van der Waals surface area contributed by atoms with Crippen molar-refractivity contribution in [3.8, 4) is 0 Å². The number of carbonyl (C=O) groups is 1. The van der Waals surface area contributed by atoms with Gasteiger partial charge in [-0.25, -0.2) is 0 Å². The van der Waals surface area contributed by atoms with Crippen molar-refractivity contribution < 1.29 is 9.90 Å². The van der Waals surface area contributed by atoms with E-state index < -0.39 is 6.61 Å². The van der Waals surface area contributed by atoms with Gasteiger partial charge in [0.05, 0.1) is 0 Å². The number of hydrogen-bond acceptors (Lipinski definition) is 4. The fourth-order valence-electron chi connectivity index (χ4n) is 2.19. The first-order chi connectivity index (χ1) is 9.29. The normalized spacial score (nSPS) is 20.2. The minimum Gasteiger partial charge on any atom is -0.387 e. The molecule has 0 aliphatic carbocycles. The molecule has 5 heteroatoms. The first-order valence-electron chi connectivity index (χ1n) is 6.53. The van der Waals surface area contributed by atoms with E-state index in [1.807, 2.05) is 17.8 Å². The maximum absolute atomic E-state index is 11.1. The zero-order valence-electron chi connectivity index (χ0n) is 10.9. The predicted molar refractivity (Wildman–Crippen MR) is 78.1 cm³/mol. The molecule has 1 fully saturated rings. The van der Waals surface area contributed by atoms with Crippen LogP contribution >= 0.6 is 11.8 Å². The summed E-state index contributed by atoms with van der Waals surface area (Å²) >= 11 is 1.92. The number of benzene rings is 1. The van der Waals surface area contributed by atoms with Gasteiger partial charge in [-0.05, 0) is 5.56 Å². The summed E-state index contributed by atoms with van der Waals surface area (Å²) in [6, 6.07) is 10.7. The molecule has 0 spiro atoms. The van der Waals surface area contributed by atoms with Crippen LogP contribution in [0.15, 0.2) is 30.3 Å². The molecule has 0 radical (unpaired) electrons. The number of thioether (sulfide) groups is 1. The van der Waals surface area contributed by atoms with Crippen LogP contribution in [-0.2, 0) is 11.3 Å². The lowest BCUT2D eigenvalue weighted by Gasteiger charge is -2.35. The van der Waals surface area contributed by atoms with Gasteiger partial charge in [0.15, 0.2) is 0 Å². The van der Waals surface area contributed by atoms with Crippen molar-refractivity contribution in [2.75, 3.05) is 31.2 Å². The van der Waals surface area contributed by atoms with Crippen molar-refractivity contribution in [1.82, 2.24) is 10.2 Å². The van der Waals surface area contributed by atoms with Crippen LogP contribution < -0.4 is 5.32 Å². The largest absolute Gasteiger partial charge is 0.387 e. The van der Waals surface area contributed by atoms with Crippen LogP contribution in [-0.4, -0.2) is 53.2 Å². The summed E-state index contributed by atoms with van der Waals surface area (Å²) in [5.74, 6) is 1.87. The average molecular weight is 280 g/mol. The monoisotopic (exact) mass is 280 g/mol. The summed E-state index contributed by atoms with van der Waals surface area (Å²) in [5, 5.41) is 11.5. The Hall–Kier alpha value is -1.04. The van der Waals surface area contributed by atoms with Crippen molar-refractivity contribution in [3.63, 3.8) is 0 Å². The second-order valence-corrected chi connectivity index (χ2v) is 5.80. The fourth-order valence-corrected chi connectivity index (χ4v) is 3.32. The van der Waals surface area contributed by atoms with Crippen LogP contribution in [0, 0.1) is 0 Å². The number of aliphatic hydroxyl groups excluding tert-OH is 1. The van der Waals surface area contributed by atoms with Gasteiger partial charge in [0, 0.05) is 37.2 Å². The number of nitrogens with one attached hydrogen (secondary N) is 1. The van der Waals surface area contributed by atoms with Crippen molar-refractivity contribution in [1.29, 1.82) is 0 Å². The Morgan fingerprint density at radius 2 is 2.21 bits per heavy atom. The van der Waals surface area contributed by atoms with Gasteiger partial charge in [-0.1, -0.05) is 30.3 Å². The zero-order chi connectivity index (χ0) is 13.5. The molecule has 1 saturated heterocycles. The van der Waals surface area contributed by atoms with Crippen molar-refractivity contribution >= 4 is 17.7 Å². The molecule has 19 heavy (non-hydrogen) atoms. The molecule has 4 nitrogen and oxygen atoms in total. The van der Waals surface area contributed by atoms with Gasteiger partial charge < -0.3 is 10.4 Å². The molecule has 0 saturated carbocycles. The molecule has 104 valence electrons. The molecule has 0 bridgehead atoms. The van der Waals surface area contributed by atoms with E-state index in [-0.39, 0.29) is 5.91 Å². The molecular weight excluding hydrogens is 260 g/mol. The maximum atomic E-state index is 11.1. The van der Waals surface area contributed by atoms with Crippen molar-refractivity contribution in [2.45, 2.75) is 12.6 Å². The lowest BCUT2D eigenvalue weighted by Crippen LogP contribution is -2.48. The lowest BCUT2D eigenvalue weighted by atomic mass is 10.1. The maximum Gasteiger partial charge on any atom is 0.245 e. The second kappa shape index (κ2) is 7.53. The molecule has 0 aromatic heterocycles. The molecule has 1 heterocycles. The third-order valence-electron chi connectivity index (χ3n) is 3.26. The molecule has 2 N–H and O–H groups in total. The van der Waals surface area contributed by atoms with E-state index in [1.165, 1.54) is 5.56 Å². The SMILES string of the molecule is O=C(CO)NC[C@H]1CSCCN1Cc1ccccc1. The molecule has 1 aliphatic rings. The molecule has 1 aliphatic heterocycles. The van der Waals surface area contributed by atoms with Crippen LogP contribution in [0.4, 0.5) is 0 Å². The van der Waals surface area contributed by atoms with Gasteiger partial charge in [0.2, 0.25) is 5.91 Å². The quantitative estimate of drug-likeness (QED) is 0.834. The van der Waals surface area contributed by atoms with E-state index in [0.29, 0.717) is 12.6 Å².